The molecule has 0 aliphatic heterocycles. The van der Waals surface area contributed by atoms with Gasteiger partial charge < -0.3 is 18.2 Å². The molecule has 3 heterocycles. The van der Waals surface area contributed by atoms with Crippen LogP contribution in [0.4, 0.5) is 17.1 Å². The molecule has 0 saturated carbocycles. The minimum Gasteiger partial charge on any atom is -0.456 e. The van der Waals surface area contributed by atoms with Gasteiger partial charge in [-0.1, -0.05) is 140 Å². The van der Waals surface area contributed by atoms with Gasteiger partial charge in [-0.25, -0.2) is 4.98 Å². The van der Waals surface area contributed by atoms with Crippen LogP contribution in [0.25, 0.3) is 99.8 Å². The molecule has 0 radical (unpaired) electrons. The van der Waals surface area contributed by atoms with Crippen molar-refractivity contribution in [3.05, 3.63) is 206 Å². The number of rotatable bonds is 7. The number of fused-ring (bicyclic) bond motifs is 7. The average Bonchev–Trinajstić information content (AvgIpc) is 4.03. The first kappa shape index (κ1) is 33.9. The van der Waals surface area contributed by atoms with E-state index in [2.05, 4.69) is 144 Å². The molecule has 5 nitrogen and oxygen atoms in total. The number of benzene rings is 9. The SMILES string of the molecule is c1ccc(-c2ccc(N(c3ccc(-c4c5nc(-c6ccccc6)oc5cc5oc6ccccc6c45)cc3)c3cccc(-c4cccc5c4oc4ccccc45)c3)cc2)cc1. The second-order valence-electron chi connectivity index (χ2n) is 15.1. The molecule has 0 unspecified atom stereocenters. The summed E-state index contributed by atoms with van der Waals surface area (Å²) in [5.74, 6) is 0.573. The highest BCUT2D eigenvalue weighted by Gasteiger charge is 2.22. The molecule has 5 heteroatoms. The summed E-state index contributed by atoms with van der Waals surface area (Å²) in [5.41, 5.74) is 15.3. The lowest BCUT2D eigenvalue weighted by atomic mass is 9.97. The van der Waals surface area contributed by atoms with E-state index in [0.717, 1.165) is 99.8 Å². The molecule has 0 bridgehead atoms. The number of anilines is 3. The minimum absolute atomic E-state index is 0.573. The van der Waals surface area contributed by atoms with Crippen molar-refractivity contribution in [2.24, 2.45) is 0 Å². The van der Waals surface area contributed by atoms with Crippen LogP contribution in [-0.4, -0.2) is 4.98 Å². The molecule has 0 saturated heterocycles. The molecule has 3 aromatic heterocycles. The molecule has 60 heavy (non-hydrogen) atoms. The van der Waals surface area contributed by atoms with Crippen molar-refractivity contribution in [1.29, 1.82) is 0 Å². The molecule has 0 amide bonds. The topological polar surface area (TPSA) is 55.6 Å². The predicted molar refractivity (Wildman–Crippen MR) is 245 cm³/mol. The van der Waals surface area contributed by atoms with Crippen LogP contribution in [0.15, 0.2) is 220 Å². The van der Waals surface area contributed by atoms with Crippen molar-refractivity contribution in [3.8, 4) is 44.8 Å². The van der Waals surface area contributed by atoms with E-state index in [0.29, 0.717) is 11.5 Å². The number of aromatic nitrogens is 1. The zero-order chi connectivity index (χ0) is 39.6. The van der Waals surface area contributed by atoms with Crippen LogP contribution in [0.2, 0.25) is 0 Å². The molecule has 0 atom stereocenters. The Kier molecular flexibility index (Phi) is 7.78. The van der Waals surface area contributed by atoms with Crippen LogP contribution in [0.3, 0.4) is 0 Å². The molecule has 12 aromatic rings. The molecular weight excluding hydrogens is 737 g/mol. The average molecular weight is 771 g/mol. The monoisotopic (exact) mass is 770 g/mol. The van der Waals surface area contributed by atoms with Crippen molar-refractivity contribution in [1.82, 2.24) is 4.98 Å². The first-order valence-corrected chi connectivity index (χ1v) is 20.1. The summed E-state index contributed by atoms with van der Waals surface area (Å²) in [6, 6.07) is 71.6. The van der Waals surface area contributed by atoms with Crippen molar-refractivity contribution < 1.29 is 13.3 Å². The molecule has 0 spiro atoms. The maximum Gasteiger partial charge on any atom is 0.227 e. The van der Waals surface area contributed by atoms with Gasteiger partial charge in [-0.3, -0.25) is 0 Å². The first-order valence-electron chi connectivity index (χ1n) is 20.1. The van der Waals surface area contributed by atoms with Crippen molar-refractivity contribution in [3.63, 3.8) is 0 Å². The summed E-state index contributed by atoms with van der Waals surface area (Å²) in [4.78, 5) is 7.44. The van der Waals surface area contributed by atoms with Crippen LogP contribution in [-0.2, 0) is 0 Å². The Bertz CT molecular complexity index is 3530. The highest BCUT2D eigenvalue weighted by atomic mass is 16.4. The summed E-state index contributed by atoms with van der Waals surface area (Å²) >= 11 is 0. The maximum atomic E-state index is 6.49. The van der Waals surface area contributed by atoms with E-state index in [1.165, 1.54) is 5.56 Å². The number of hydrogen-bond acceptors (Lipinski definition) is 5. The van der Waals surface area contributed by atoms with E-state index < -0.39 is 0 Å². The third kappa shape index (κ3) is 5.59. The standard InChI is InChI=1S/C55H34N2O3/c1-3-13-35(14-4-1)36-25-29-40(30-26-36)57(42-18-11-17-39(33-42)43-21-12-22-45-44-19-7-9-23-47(44)59-54(43)45)41-31-27-37(28-32-41)51-52-46-20-8-10-24-48(46)58-49(52)34-50-53(51)56-55(60-50)38-15-5-2-6-16-38/h1-34H. The molecule has 0 fully saturated rings. The summed E-state index contributed by atoms with van der Waals surface area (Å²) in [7, 11) is 0. The Balaban J connectivity index is 1.02. The number of para-hydroxylation sites is 3. The van der Waals surface area contributed by atoms with Gasteiger partial charge in [0.2, 0.25) is 5.89 Å². The fourth-order valence-corrected chi connectivity index (χ4v) is 8.70. The van der Waals surface area contributed by atoms with E-state index in [1.54, 1.807) is 0 Å². The first-order chi connectivity index (χ1) is 29.7. The fourth-order valence-electron chi connectivity index (χ4n) is 8.70. The minimum atomic E-state index is 0.573. The van der Waals surface area contributed by atoms with E-state index in [-0.39, 0.29) is 0 Å². The van der Waals surface area contributed by atoms with Crippen LogP contribution >= 0.6 is 0 Å². The van der Waals surface area contributed by atoms with Gasteiger partial charge in [-0.2, -0.15) is 0 Å². The Morgan fingerprint density at radius 1 is 0.350 bits per heavy atom. The van der Waals surface area contributed by atoms with Gasteiger partial charge in [-0.05, 0) is 82.9 Å². The largest absolute Gasteiger partial charge is 0.456 e. The summed E-state index contributed by atoms with van der Waals surface area (Å²) in [6.07, 6.45) is 0. The highest BCUT2D eigenvalue weighted by molar-refractivity contribution is 6.19. The Morgan fingerprint density at radius 2 is 0.933 bits per heavy atom. The van der Waals surface area contributed by atoms with E-state index in [9.17, 15) is 0 Å². The lowest BCUT2D eigenvalue weighted by Crippen LogP contribution is -2.10. The van der Waals surface area contributed by atoms with Crippen molar-refractivity contribution in [2.45, 2.75) is 0 Å². The lowest BCUT2D eigenvalue weighted by molar-refractivity contribution is 0.617. The third-order valence-electron chi connectivity index (χ3n) is 11.5. The zero-order valence-electron chi connectivity index (χ0n) is 32.2. The number of oxazole rings is 1. The number of hydrogen-bond donors (Lipinski definition) is 0. The molecule has 0 aliphatic rings. The van der Waals surface area contributed by atoms with E-state index in [1.807, 2.05) is 66.7 Å². The van der Waals surface area contributed by atoms with Gasteiger partial charge in [0.05, 0.1) is 0 Å². The van der Waals surface area contributed by atoms with Crippen molar-refractivity contribution >= 4 is 72.0 Å². The van der Waals surface area contributed by atoms with Crippen LogP contribution in [0.1, 0.15) is 0 Å². The van der Waals surface area contributed by atoms with Crippen molar-refractivity contribution in [2.75, 3.05) is 4.90 Å². The van der Waals surface area contributed by atoms with Gasteiger partial charge in [0, 0.05) is 61.4 Å². The summed E-state index contributed by atoms with van der Waals surface area (Å²) in [6.45, 7) is 0. The zero-order valence-corrected chi connectivity index (χ0v) is 32.2. The Hall–Kier alpha value is -8.15. The smallest absolute Gasteiger partial charge is 0.227 e. The summed E-state index contributed by atoms with van der Waals surface area (Å²) in [5, 5.41) is 4.27. The van der Waals surface area contributed by atoms with Gasteiger partial charge >= 0.3 is 0 Å². The van der Waals surface area contributed by atoms with Crippen LogP contribution < -0.4 is 4.90 Å². The van der Waals surface area contributed by atoms with Gasteiger partial charge in [-0.15, -0.1) is 0 Å². The second kappa shape index (κ2) is 13.8. The normalized spacial score (nSPS) is 11.7. The van der Waals surface area contributed by atoms with Gasteiger partial charge in [0.1, 0.15) is 27.8 Å². The number of nitrogens with zero attached hydrogens (tertiary/aromatic N) is 2. The predicted octanol–water partition coefficient (Wildman–Crippen LogP) is 15.8. The quantitative estimate of drug-likeness (QED) is 0.162. The molecule has 9 aromatic carbocycles. The van der Waals surface area contributed by atoms with Gasteiger partial charge in [0.15, 0.2) is 5.58 Å². The Morgan fingerprint density at radius 3 is 1.68 bits per heavy atom. The Labute approximate surface area is 345 Å². The molecule has 0 N–H and O–H groups in total. The van der Waals surface area contributed by atoms with Crippen LogP contribution in [0, 0.1) is 0 Å². The molecular formula is C55H34N2O3. The lowest BCUT2D eigenvalue weighted by Gasteiger charge is -2.26. The van der Waals surface area contributed by atoms with E-state index in [4.69, 9.17) is 18.2 Å². The molecule has 0 aliphatic carbocycles. The molecule has 12 rings (SSSR count). The van der Waals surface area contributed by atoms with Gasteiger partial charge in [0.25, 0.3) is 0 Å². The third-order valence-corrected chi connectivity index (χ3v) is 11.5. The summed E-state index contributed by atoms with van der Waals surface area (Å²) < 4.78 is 19.4. The van der Waals surface area contributed by atoms with Crippen LogP contribution in [0.5, 0.6) is 0 Å². The maximum absolute atomic E-state index is 6.49. The molecule has 282 valence electrons. The highest BCUT2D eigenvalue weighted by Crippen LogP contribution is 2.45. The number of furan rings is 2. The van der Waals surface area contributed by atoms with E-state index >= 15 is 0 Å². The second-order valence-corrected chi connectivity index (χ2v) is 15.1. The fraction of sp³-hybridized carbons (Fsp3) is 0.